The molecule has 2 aliphatic rings. The number of alkyl carbamates (subject to hydrolysis) is 1. The summed E-state index contributed by atoms with van der Waals surface area (Å²) in [6, 6.07) is 3.86. The number of carbonyl (C=O) groups is 5. The van der Waals surface area contributed by atoms with Crippen LogP contribution in [0.5, 0.6) is 0 Å². The fourth-order valence-corrected chi connectivity index (χ4v) is 4.28. The number of nitrogens with one attached hydrogen (secondary N) is 3. The molecule has 13 heteroatoms. The largest absolute Gasteiger partial charge is 0.444 e. The minimum absolute atomic E-state index is 0.0603. The maximum atomic E-state index is 13.2. The van der Waals surface area contributed by atoms with E-state index in [1.54, 1.807) is 29.1 Å². The van der Waals surface area contributed by atoms with E-state index in [1.165, 1.54) is 0 Å². The molecule has 202 valence electrons. The predicted octanol–water partition coefficient (Wildman–Crippen LogP) is 1.60. The van der Waals surface area contributed by atoms with E-state index in [9.17, 15) is 24.0 Å². The molecule has 1 saturated heterocycles. The Hall–Kier alpha value is -4.29. The van der Waals surface area contributed by atoms with Crippen LogP contribution < -0.4 is 16.0 Å². The second-order valence-corrected chi connectivity index (χ2v) is 10.1. The van der Waals surface area contributed by atoms with E-state index in [0.29, 0.717) is 24.5 Å². The van der Waals surface area contributed by atoms with Crippen molar-refractivity contribution in [3.8, 4) is 0 Å². The van der Waals surface area contributed by atoms with Gasteiger partial charge in [0.05, 0.1) is 23.9 Å². The van der Waals surface area contributed by atoms with Crippen molar-refractivity contribution in [3.63, 3.8) is 0 Å². The lowest BCUT2D eigenvalue weighted by Gasteiger charge is -2.27. The Bertz CT molecular complexity index is 1270. The molecule has 38 heavy (non-hydrogen) atoms. The topological polar surface area (TPSA) is 165 Å². The number of nitrogens with zero attached hydrogens (tertiary/aromatic N) is 4. The Morgan fingerprint density at radius 1 is 1.16 bits per heavy atom. The Kier molecular flexibility index (Phi) is 7.74. The van der Waals surface area contributed by atoms with Crippen molar-refractivity contribution in [2.24, 2.45) is 0 Å². The minimum Gasteiger partial charge on any atom is -0.444 e. The van der Waals surface area contributed by atoms with Crippen molar-refractivity contribution in [1.29, 1.82) is 0 Å². The van der Waals surface area contributed by atoms with Crippen LogP contribution in [0.1, 0.15) is 72.9 Å². The highest BCUT2D eigenvalue weighted by molar-refractivity contribution is 6.25. The van der Waals surface area contributed by atoms with Crippen LogP contribution in [-0.4, -0.2) is 67.8 Å². The fourth-order valence-electron chi connectivity index (χ4n) is 4.28. The van der Waals surface area contributed by atoms with Crippen molar-refractivity contribution in [2.45, 2.75) is 71.2 Å². The highest BCUT2D eigenvalue weighted by Crippen LogP contribution is 2.32. The molecule has 2 aliphatic heterocycles. The van der Waals surface area contributed by atoms with Crippen LogP contribution >= 0.6 is 0 Å². The first-order valence-electron chi connectivity index (χ1n) is 12.5. The number of aromatic nitrogens is 3. The molecule has 0 saturated carbocycles. The molecule has 0 bridgehead atoms. The third-order valence-corrected chi connectivity index (χ3v) is 6.00. The average molecular weight is 526 g/mol. The van der Waals surface area contributed by atoms with Gasteiger partial charge in [0.25, 0.3) is 11.8 Å². The number of imide groups is 2. The maximum Gasteiger partial charge on any atom is 0.407 e. The molecule has 1 unspecified atom stereocenters. The van der Waals surface area contributed by atoms with Gasteiger partial charge in [-0.05, 0) is 52.2 Å². The zero-order valence-electron chi connectivity index (χ0n) is 21.6. The number of ether oxygens (including phenoxy) is 1. The summed E-state index contributed by atoms with van der Waals surface area (Å²) in [6.07, 6.45) is 3.00. The van der Waals surface area contributed by atoms with Crippen LogP contribution in [0.3, 0.4) is 0 Å². The number of unbranched alkanes of at least 4 members (excludes halogenated alkanes) is 1. The SMILES string of the molecule is CC(C)(C)OC(=O)NCCCCn1cc(CNc2cccc3c2C(=O)N(C2CCC(=O)NC2=O)C3=O)nn1. The number of amides is 5. The van der Waals surface area contributed by atoms with Gasteiger partial charge in [-0.1, -0.05) is 11.3 Å². The zero-order chi connectivity index (χ0) is 27.4. The smallest absolute Gasteiger partial charge is 0.407 e. The lowest BCUT2D eigenvalue weighted by atomic mass is 10.0. The summed E-state index contributed by atoms with van der Waals surface area (Å²) in [6.45, 7) is 6.78. The standard InChI is InChI=1S/C25H31N7O6/c1-25(2,3)38-24(37)26-11-4-5-12-31-14-15(29-30-31)13-27-17-8-6-7-16-20(17)23(36)32(22(16)35)18-9-10-19(33)28-21(18)34/h6-8,14,18,27H,4-5,9-13H2,1-3H3,(H,26,37)(H,28,33,34). The van der Waals surface area contributed by atoms with Gasteiger partial charge in [-0.3, -0.25) is 34.1 Å². The van der Waals surface area contributed by atoms with Crippen LogP contribution in [-0.2, 0) is 27.4 Å². The molecule has 1 aromatic carbocycles. The van der Waals surface area contributed by atoms with Gasteiger partial charge >= 0.3 is 6.09 Å². The van der Waals surface area contributed by atoms with E-state index < -0.39 is 41.4 Å². The van der Waals surface area contributed by atoms with Gasteiger partial charge in [0.1, 0.15) is 17.3 Å². The first-order valence-corrected chi connectivity index (χ1v) is 12.5. The quantitative estimate of drug-likeness (QED) is 0.326. The molecule has 1 aromatic heterocycles. The molecule has 0 spiro atoms. The highest BCUT2D eigenvalue weighted by Gasteiger charge is 2.45. The number of fused-ring (bicyclic) bond motifs is 1. The van der Waals surface area contributed by atoms with Gasteiger partial charge in [0.15, 0.2) is 0 Å². The van der Waals surface area contributed by atoms with E-state index in [2.05, 4.69) is 26.3 Å². The Balaban J connectivity index is 1.30. The summed E-state index contributed by atoms with van der Waals surface area (Å²) in [5.41, 5.74) is 0.928. The van der Waals surface area contributed by atoms with Crippen molar-refractivity contribution < 1.29 is 28.7 Å². The van der Waals surface area contributed by atoms with Crippen LogP contribution in [0.4, 0.5) is 10.5 Å². The molecule has 2 aromatic rings. The van der Waals surface area contributed by atoms with Crippen molar-refractivity contribution >= 4 is 35.4 Å². The van der Waals surface area contributed by atoms with Gasteiger partial charge in [0, 0.05) is 25.2 Å². The molecule has 1 fully saturated rings. The van der Waals surface area contributed by atoms with Gasteiger partial charge < -0.3 is 15.4 Å². The van der Waals surface area contributed by atoms with Gasteiger partial charge in [-0.15, -0.1) is 5.10 Å². The summed E-state index contributed by atoms with van der Waals surface area (Å²) in [4.78, 5) is 62.5. The van der Waals surface area contributed by atoms with Gasteiger partial charge in [0.2, 0.25) is 11.8 Å². The monoisotopic (exact) mass is 525 g/mol. The molecule has 1 atom stereocenters. The molecular formula is C25H31N7O6. The zero-order valence-corrected chi connectivity index (χ0v) is 21.6. The summed E-state index contributed by atoms with van der Waals surface area (Å²) in [5.74, 6) is -2.21. The highest BCUT2D eigenvalue weighted by atomic mass is 16.6. The first-order chi connectivity index (χ1) is 18.0. The van der Waals surface area contributed by atoms with Crippen LogP contribution in [0.25, 0.3) is 0 Å². The average Bonchev–Trinajstić information content (AvgIpc) is 3.39. The lowest BCUT2D eigenvalue weighted by Crippen LogP contribution is -2.54. The predicted molar refractivity (Wildman–Crippen MR) is 134 cm³/mol. The van der Waals surface area contributed by atoms with E-state index in [-0.39, 0.29) is 30.5 Å². The summed E-state index contributed by atoms with van der Waals surface area (Å²) >= 11 is 0. The number of aryl methyl sites for hydroxylation is 1. The number of piperidine rings is 1. The molecule has 0 radical (unpaired) electrons. The van der Waals surface area contributed by atoms with Crippen molar-refractivity contribution in [3.05, 3.63) is 41.2 Å². The van der Waals surface area contributed by atoms with Crippen LogP contribution in [0, 0.1) is 0 Å². The normalized spacial score (nSPS) is 17.3. The number of rotatable bonds is 9. The molecular weight excluding hydrogens is 494 g/mol. The molecule has 0 aliphatic carbocycles. The number of hydrogen-bond acceptors (Lipinski definition) is 9. The van der Waals surface area contributed by atoms with E-state index in [0.717, 1.165) is 17.7 Å². The molecule has 3 heterocycles. The van der Waals surface area contributed by atoms with Crippen LogP contribution in [0.2, 0.25) is 0 Å². The summed E-state index contributed by atoms with van der Waals surface area (Å²) in [5, 5.41) is 16.3. The Morgan fingerprint density at radius 3 is 2.68 bits per heavy atom. The second-order valence-electron chi connectivity index (χ2n) is 10.1. The third-order valence-electron chi connectivity index (χ3n) is 6.00. The number of hydrogen-bond donors (Lipinski definition) is 3. The molecule has 13 nitrogen and oxygen atoms in total. The Morgan fingerprint density at radius 2 is 1.95 bits per heavy atom. The first kappa shape index (κ1) is 26.8. The number of anilines is 1. The second kappa shape index (κ2) is 11.0. The molecule has 3 N–H and O–H groups in total. The number of carbonyl (C=O) groups excluding carboxylic acids is 5. The van der Waals surface area contributed by atoms with Gasteiger partial charge in [-0.2, -0.15) is 0 Å². The molecule has 4 rings (SSSR count). The van der Waals surface area contributed by atoms with E-state index in [1.807, 2.05) is 20.8 Å². The Labute approximate surface area is 219 Å². The number of benzene rings is 1. The summed E-state index contributed by atoms with van der Waals surface area (Å²) < 4.78 is 6.89. The maximum absolute atomic E-state index is 13.2. The van der Waals surface area contributed by atoms with Crippen LogP contribution in [0.15, 0.2) is 24.4 Å². The van der Waals surface area contributed by atoms with Gasteiger partial charge in [-0.25, -0.2) is 4.79 Å². The van der Waals surface area contributed by atoms with E-state index >= 15 is 0 Å². The molecule has 5 amide bonds. The van der Waals surface area contributed by atoms with Crippen molar-refractivity contribution in [1.82, 2.24) is 30.5 Å². The van der Waals surface area contributed by atoms with E-state index in [4.69, 9.17) is 4.74 Å². The third kappa shape index (κ3) is 6.15. The summed E-state index contributed by atoms with van der Waals surface area (Å²) in [7, 11) is 0. The minimum atomic E-state index is -1.02. The van der Waals surface area contributed by atoms with Crippen molar-refractivity contribution in [2.75, 3.05) is 11.9 Å². The lowest BCUT2D eigenvalue weighted by molar-refractivity contribution is -0.136. The fraction of sp³-hybridized carbons (Fsp3) is 0.480.